The second-order valence-electron chi connectivity index (χ2n) is 4.30. The van der Waals surface area contributed by atoms with Crippen LogP contribution in [0.1, 0.15) is 5.56 Å². The lowest BCUT2D eigenvalue weighted by Crippen LogP contribution is -2.19. The van der Waals surface area contributed by atoms with Gasteiger partial charge < -0.3 is 20.5 Å². The molecule has 5 nitrogen and oxygen atoms in total. The van der Waals surface area contributed by atoms with E-state index in [9.17, 15) is 9.90 Å². The molecule has 0 aliphatic rings. The summed E-state index contributed by atoms with van der Waals surface area (Å²) in [4.78, 5) is 11.9. The van der Waals surface area contributed by atoms with Gasteiger partial charge >= 0.3 is 6.03 Å². The van der Waals surface area contributed by atoms with Gasteiger partial charge in [-0.1, -0.05) is 18.2 Å². The monoisotopic (exact) mass is 272 g/mol. The van der Waals surface area contributed by atoms with Crippen molar-refractivity contribution in [2.45, 2.75) is 6.92 Å². The molecule has 2 rings (SSSR count). The molecule has 20 heavy (non-hydrogen) atoms. The Morgan fingerprint density at radius 1 is 1.10 bits per heavy atom. The number of amides is 2. The van der Waals surface area contributed by atoms with E-state index in [2.05, 4.69) is 10.6 Å². The van der Waals surface area contributed by atoms with Crippen molar-refractivity contribution in [3.05, 3.63) is 48.0 Å². The number of methoxy groups -OCH3 is 1. The molecule has 0 spiro atoms. The van der Waals surface area contributed by atoms with Gasteiger partial charge in [-0.3, -0.25) is 0 Å². The van der Waals surface area contributed by atoms with Crippen molar-refractivity contribution in [2.24, 2.45) is 0 Å². The molecule has 0 saturated carbocycles. The zero-order chi connectivity index (χ0) is 14.5. The third-order valence-corrected chi connectivity index (χ3v) is 2.76. The van der Waals surface area contributed by atoms with E-state index in [-0.39, 0.29) is 5.75 Å². The first kappa shape index (κ1) is 13.7. The van der Waals surface area contributed by atoms with Crippen LogP contribution in [0.3, 0.4) is 0 Å². The summed E-state index contributed by atoms with van der Waals surface area (Å²) in [5.74, 6) is 0.585. The third kappa shape index (κ3) is 3.20. The molecule has 2 aromatic carbocycles. The van der Waals surface area contributed by atoms with Crippen LogP contribution in [0.15, 0.2) is 42.5 Å². The maximum absolute atomic E-state index is 11.9. The fourth-order valence-corrected chi connectivity index (χ4v) is 1.77. The summed E-state index contributed by atoms with van der Waals surface area (Å²) in [6.07, 6.45) is 0. The number of hydrogen-bond acceptors (Lipinski definition) is 3. The average molecular weight is 272 g/mol. The summed E-state index contributed by atoms with van der Waals surface area (Å²) in [6.45, 7) is 1.92. The first-order chi connectivity index (χ1) is 9.60. The lowest BCUT2D eigenvalue weighted by molar-refractivity contribution is 0.262. The topological polar surface area (TPSA) is 70.6 Å². The number of aromatic hydroxyl groups is 1. The van der Waals surface area contributed by atoms with Crippen molar-refractivity contribution >= 4 is 17.4 Å². The Morgan fingerprint density at radius 2 is 1.80 bits per heavy atom. The van der Waals surface area contributed by atoms with Gasteiger partial charge in [0.05, 0.1) is 18.5 Å². The van der Waals surface area contributed by atoms with Crippen molar-refractivity contribution in [3.8, 4) is 11.5 Å². The van der Waals surface area contributed by atoms with Crippen LogP contribution < -0.4 is 15.4 Å². The Balaban J connectivity index is 2.12. The molecule has 0 radical (unpaired) electrons. The minimum atomic E-state index is -0.449. The standard InChI is InChI=1S/C15H16N2O3/c1-10-7-8-14(20-2)12(9-10)17-15(19)16-11-5-3-4-6-13(11)18/h3-9,18H,1-2H3,(H2,16,17,19). The van der Waals surface area contributed by atoms with E-state index in [1.165, 1.54) is 13.2 Å². The molecule has 5 heteroatoms. The van der Waals surface area contributed by atoms with E-state index in [4.69, 9.17) is 4.74 Å². The Bertz CT molecular complexity index is 626. The Morgan fingerprint density at radius 3 is 2.50 bits per heavy atom. The summed E-state index contributed by atoms with van der Waals surface area (Å²) in [5, 5.41) is 14.9. The van der Waals surface area contributed by atoms with Crippen LogP contribution in [-0.4, -0.2) is 18.2 Å². The van der Waals surface area contributed by atoms with Gasteiger partial charge in [0.1, 0.15) is 11.5 Å². The number of benzene rings is 2. The van der Waals surface area contributed by atoms with Crippen LogP contribution in [0.5, 0.6) is 11.5 Å². The minimum absolute atomic E-state index is 0.0128. The summed E-state index contributed by atoms with van der Waals surface area (Å²) in [5.41, 5.74) is 1.92. The normalized spacial score (nSPS) is 9.90. The number of carbonyl (C=O) groups excluding carboxylic acids is 1. The SMILES string of the molecule is COc1ccc(C)cc1NC(=O)Nc1ccccc1O. The number of rotatable bonds is 3. The van der Waals surface area contributed by atoms with Crippen LogP contribution in [0.25, 0.3) is 0 Å². The lowest BCUT2D eigenvalue weighted by atomic mass is 10.2. The number of phenols is 1. The van der Waals surface area contributed by atoms with E-state index in [1.807, 2.05) is 19.1 Å². The maximum Gasteiger partial charge on any atom is 0.323 e. The zero-order valence-corrected chi connectivity index (χ0v) is 11.3. The van der Waals surface area contributed by atoms with Gasteiger partial charge in [-0.2, -0.15) is 0 Å². The van der Waals surface area contributed by atoms with Crippen LogP contribution >= 0.6 is 0 Å². The van der Waals surface area contributed by atoms with E-state index >= 15 is 0 Å². The largest absolute Gasteiger partial charge is 0.506 e. The molecular weight excluding hydrogens is 256 g/mol. The van der Waals surface area contributed by atoms with Crippen LogP contribution in [0, 0.1) is 6.92 Å². The first-order valence-electron chi connectivity index (χ1n) is 6.11. The first-order valence-corrected chi connectivity index (χ1v) is 6.11. The third-order valence-electron chi connectivity index (χ3n) is 2.76. The van der Waals surface area contributed by atoms with E-state index in [0.29, 0.717) is 17.1 Å². The fourth-order valence-electron chi connectivity index (χ4n) is 1.77. The predicted octanol–water partition coefficient (Wildman–Crippen LogP) is 3.35. The molecule has 2 aromatic rings. The molecule has 0 aliphatic heterocycles. The molecule has 0 saturated heterocycles. The number of urea groups is 1. The van der Waals surface area contributed by atoms with Gasteiger partial charge in [-0.05, 0) is 36.8 Å². The highest BCUT2D eigenvalue weighted by Gasteiger charge is 2.09. The molecule has 0 bridgehead atoms. The van der Waals surface area contributed by atoms with Gasteiger partial charge in [0.2, 0.25) is 0 Å². The molecule has 0 aromatic heterocycles. The highest BCUT2D eigenvalue weighted by molar-refractivity contribution is 6.01. The molecule has 0 fully saturated rings. The maximum atomic E-state index is 11.9. The number of nitrogens with one attached hydrogen (secondary N) is 2. The highest BCUT2D eigenvalue weighted by atomic mass is 16.5. The molecular formula is C15H16N2O3. The van der Waals surface area contributed by atoms with E-state index in [0.717, 1.165) is 5.56 Å². The van der Waals surface area contributed by atoms with Gasteiger partial charge in [-0.15, -0.1) is 0 Å². The van der Waals surface area contributed by atoms with E-state index < -0.39 is 6.03 Å². The molecule has 104 valence electrons. The molecule has 0 heterocycles. The Hall–Kier alpha value is -2.69. The van der Waals surface area contributed by atoms with Gasteiger partial charge in [0.15, 0.2) is 0 Å². The number of hydrogen-bond donors (Lipinski definition) is 3. The lowest BCUT2D eigenvalue weighted by Gasteiger charge is -2.12. The fraction of sp³-hybridized carbons (Fsp3) is 0.133. The Kier molecular flexibility index (Phi) is 4.10. The molecule has 0 atom stereocenters. The summed E-state index contributed by atoms with van der Waals surface area (Å²) < 4.78 is 5.18. The van der Waals surface area contributed by atoms with Crippen molar-refractivity contribution in [1.82, 2.24) is 0 Å². The number of anilines is 2. The smallest absolute Gasteiger partial charge is 0.323 e. The molecule has 3 N–H and O–H groups in total. The quantitative estimate of drug-likeness (QED) is 0.750. The summed E-state index contributed by atoms with van der Waals surface area (Å²) in [7, 11) is 1.54. The van der Waals surface area contributed by atoms with Gasteiger partial charge in [-0.25, -0.2) is 4.79 Å². The summed E-state index contributed by atoms with van der Waals surface area (Å²) >= 11 is 0. The number of para-hydroxylation sites is 2. The second-order valence-corrected chi connectivity index (χ2v) is 4.30. The highest BCUT2D eigenvalue weighted by Crippen LogP contribution is 2.26. The van der Waals surface area contributed by atoms with Gasteiger partial charge in [0, 0.05) is 0 Å². The van der Waals surface area contributed by atoms with Crippen molar-refractivity contribution in [1.29, 1.82) is 0 Å². The molecule has 0 unspecified atom stereocenters. The van der Waals surface area contributed by atoms with Gasteiger partial charge in [0.25, 0.3) is 0 Å². The van der Waals surface area contributed by atoms with Crippen LogP contribution in [-0.2, 0) is 0 Å². The van der Waals surface area contributed by atoms with Crippen molar-refractivity contribution in [3.63, 3.8) is 0 Å². The number of carbonyl (C=O) groups is 1. The zero-order valence-electron chi connectivity index (χ0n) is 11.3. The molecule has 0 aliphatic carbocycles. The number of aryl methyl sites for hydroxylation is 1. The van der Waals surface area contributed by atoms with Crippen LogP contribution in [0.2, 0.25) is 0 Å². The number of phenolic OH excluding ortho intramolecular Hbond substituents is 1. The summed E-state index contributed by atoms with van der Waals surface area (Å²) in [6, 6.07) is 11.6. The predicted molar refractivity (Wildman–Crippen MR) is 78.5 cm³/mol. The van der Waals surface area contributed by atoms with E-state index in [1.54, 1.807) is 24.3 Å². The van der Waals surface area contributed by atoms with Crippen molar-refractivity contribution < 1.29 is 14.6 Å². The molecule has 2 amide bonds. The number of ether oxygens (including phenoxy) is 1. The minimum Gasteiger partial charge on any atom is -0.506 e. The van der Waals surface area contributed by atoms with Crippen LogP contribution in [0.4, 0.5) is 16.2 Å². The Labute approximate surface area is 117 Å². The second kappa shape index (κ2) is 5.97. The average Bonchev–Trinajstić information content (AvgIpc) is 2.41. The van der Waals surface area contributed by atoms with Crippen molar-refractivity contribution in [2.75, 3.05) is 17.7 Å².